The van der Waals surface area contributed by atoms with Gasteiger partial charge in [0.25, 0.3) is 5.56 Å². The maximum absolute atomic E-state index is 12.7. The summed E-state index contributed by atoms with van der Waals surface area (Å²) in [6.07, 6.45) is 1.34. The standard InChI is InChI=1S/C21H27N3O6/c1-28-17-10-15(11-18(12-17)29-2)13-24-5-4-16(19(25)20(24)26)14-22-6-8-23(9-7-22)21(27)30-3/h4-5,10-12,25H,6-9,13-14H2,1-3H3. The molecule has 2 aromatic rings. The number of aromatic hydroxyl groups is 1. The fourth-order valence-electron chi connectivity index (χ4n) is 3.46. The smallest absolute Gasteiger partial charge is 0.409 e. The predicted molar refractivity (Wildman–Crippen MR) is 110 cm³/mol. The number of hydrogen-bond donors (Lipinski definition) is 1. The second kappa shape index (κ2) is 9.53. The molecular weight excluding hydrogens is 390 g/mol. The summed E-state index contributed by atoms with van der Waals surface area (Å²) in [5.74, 6) is 0.997. The van der Waals surface area contributed by atoms with Gasteiger partial charge in [-0.3, -0.25) is 9.69 Å². The summed E-state index contributed by atoms with van der Waals surface area (Å²) in [6.45, 7) is 3.08. The van der Waals surface area contributed by atoms with E-state index in [1.54, 1.807) is 37.4 Å². The summed E-state index contributed by atoms with van der Waals surface area (Å²) in [4.78, 5) is 28.0. The molecule has 1 fully saturated rings. The van der Waals surface area contributed by atoms with Crippen LogP contribution in [0.5, 0.6) is 17.2 Å². The van der Waals surface area contributed by atoms with E-state index < -0.39 is 5.56 Å². The fourth-order valence-corrected chi connectivity index (χ4v) is 3.46. The summed E-state index contributed by atoms with van der Waals surface area (Å²) >= 11 is 0. The van der Waals surface area contributed by atoms with Crippen molar-refractivity contribution in [3.63, 3.8) is 0 Å². The number of rotatable bonds is 6. The molecule has 0 atom stereocenters. The minimum atomic E-state index is -0.456. The number of hydrogen-bond acceptors (Lipinski definition) is 7. The molecule has 0 radical (unpaired) electrons. The van der Waals surface area contributed by atoms with Crippen LogP contribution in [0.25, 0.3) is 0 Å². The van der Waals surface area contributed by atoms with Gasteiger partial charge in [0, 0.05) is 50.6 Å². The number of aromatic nitrogens is 1. The predicted octanol–water partition coefficient (Wildman–Crippen LogP) is 1.50. The molecule has 0 bridgehead atoms. The summed E-state index contributed by atoms with van der Waals surface area (Å²) in [7, 11) is 4.50. The van der Waals surface area contributed by atoms with Crippen LogP contribution >= 0.6 is 0 Å². The van der Waals surface area contributed by atoms with Crippen molar-refractivity contribution < 1.29 is 24.1 Å². The average Bonchev–Trinajstić information content (AvgIpc) is 2.78. The Bertz CT molecular complexity index is 928. The maximum Gasteiger partial charge on any atom is 0.409 e. The van der Waals surface area contributed by atoms with Crippen LogP contribution in [0.4, 0.5) is 4.79 Å². The third-order valence-electron chi connectivity index (χ3n) is 5.19. The van der Waals surface area contributed by atoms with Crippen LogP contribution in [0, 0.1) is 0 Å². The van der Waals surface area contributed by atoms with Crippen LogP contribution in [0.3, 0.4) is 0 Å². The highest BCUT2D eigenvalue weighted by atomic mass is 16.5. The largest absolute Gasteiger partial charge is 0.503 e. The van der Waals surface area contributed by atoms with Gasteiger partial charge in [-0.2, -0.15) is 0 Å². The van der Waals surface area contributed by atoms with E-state index in [0.29, 0.717) is 49.8 Å². The lowest BCUT2D eigenvalue weighted by Gasteiger charge is -2.33. The van der Waals surface area contributed by atoms with Gasteiger partial charge in [0.15, 0.2) is 5.75 Å². The molecular formula is C21H27N3O6. The number of methoxy groups -OCH3 is 3. The van der Waals surface area contributed by atoms with Gasteiger partial charge in [-0.05, 0) is 23.8 Å². The number of nitrogens with zero attached hydrogens (tertiary/aromatic N) is 3. The highest BCUT2D eigenvalue weighted by molar-refractivity contribution is 5.67. The normalized spacial score (nSPS) is 14.4. The van der Waals surface area contributed by atoms with Gasteiger partial charge in [0.05, 0.1) is 27.9 Å². The van der Waals surface area contributed by atoms with E-state index in [0.717, 1.165) is 5.56 Å². The van der Waals surface area contributed by atoms with Crippen molar-refractivity contribution in [1.82, 2.24) is 14.4 Å². The van der Waals surface area contributed by atoms with Gasteiger partial charge < -0.3 is 28.8 Å². The van der Waals surface area contributed by atoms with E-state index in [1.165, 1.54) is 11.7 Å². The van der Waals surface area contributed by atoms with E-state index in [-0.39, 0.29) is 18.4 Å². The summed E-state index contributed by atoms with van der Waals surface area (Å²) in [6, 6.07) is 7.15. The van der Waals surface area contributed by atoms with Crippen molar-refractivity contribution >= 4 is 6.09 Å². The van der Waals surface area contributed by atoms with Crippen LogP contribution in [0.15, 0.2) is 35.3 Å². The van der Waals surface area contributed by atoms with Gasteiger partial charge in [0.1, 0.15) is 11.5 Å². The van der Waals surface area contributed by atoms with Crippen LogP contribution in [0.2, 0.25) is 0 Å². The van der Waals surface area contributed by atoms with Gasteiger partial charge in [0.2, 0.25) is 0 Å². The Hall–Kier alpha value is -3.20. The lowest BCUT2D eigenvalue weighted by Crippen LogP contribution is -2.48. The van der Waals surface area contributed by atoms with E-state index >= 15 is 0 Å². The number of benzene rings is 1. The van der Waals surface area contributed by atoms with Gasteiger partial charge >= 0.3 is 6.09 Å². The molecule has 0 aliphatic carbocycles. The molecule has 9 nitrogen and oxygen atoms in total. The monoisotopic (exact) mass is 417 g/mol. The summed E-state index contributed by atoms with van der Waals surface area (Å²) in [5, 5.41) is 10.5. The topological polar surface area (TPSA) is 93.5 Å². The zero-order valence-electron chi connectivity index (χ0n) is 17.5. The molecule has 2 heterocycles. The van der Waals surface area contributed by atoms with Gasteiger partial charge in [-0.25, -0.2) is 4.79 Å². The van der Waals surface area contributed by atoms with Gasteiger partial charge in [-0.15, -0.1) is 0 Å². The minimum absolute atomic E-state index is 0.261. The van der Waals surface area contributed by atoms with Crippen LogP contribution in [0.1, 0.15) is 11.1 Å². The molecule has 1 aromatic carbocycles. The molecule has 162 valence electrons. The molecule has 30 heavy (non-hydrogen) atoms. The third kappa shape index (κ3) is 4.85. The van der Waals surface area contributed by atoms with E-state index in [2.05, 4.69) is 4.90 Å². The molecule has 1 amide bonds. The highest BCUT2D eigenvalue weighted by Crippen LogP contribution is 2.23. The van der Waals surface area contributed by atoms with E-state index in [4.69, 9.17) is 14.2 Å². The maximum atomic E-state index is 12.7. The van der Waals surface area contributed by atoms with Crippen molar-refractivity contribution in [1.29, 1.82) is 0 Å². The van der Waals surface area contributed by atoms with Crippen LogP contribution < -0.4 is 15.0 Å². The lowest BCUT2D eigenvalue weighted by atomic mass is 10.1. The molecule has 1 aliphatic heterocycles. The summed E-state index contributed by atoms with van der Waals surface area (Å²) in [5.41, 5.74) is 0.924. The molecule has 0 saturated carbocycles. The first-order valence-corrected chi connectivity index (χ1v) is 9.63. The first-order valence-electron chi connectivity index (χ1n) is 9.63. The van der Waals surface area contributed by atoms with Crippen LogP contribution in [-0.4, -0.2) is 73.1 Å². The van der Waals surface area contributed by atoms with E-state index in [9.17, 15) is 14.7 Å². The van der Waals surface area contributed by atoms with E-state index in [1.807, 2.05) is 12.1 Å². The molecule has 1 saturated heterocycles. The fraction of sp³-hybridized carbons (Fsp3) is 0.429. The number of pyridine rings is 1. The number of amides is 1. The average molecular weight is 417 g/mol. The minimum Gasteiger partial charge on any atom is -0.503 e. The first kappa shape index (κ1) is 21.5. The van der Waals surface area contributed by atoms with Crippen molar-refractivity contribution in [2.75, 3.05) is 47.5 Å². The molecule has 1 aliphatic rings. The Morgan fingerprint density at radius 3 is 2.20 bits per heavy atom. The summed E-state index contributed by atoms with van der Waals surface area (Å²) < 4.78 is 16.7. The molecule has 1 N–H and O–H groups in total. The van der Waals surface area contributed by atoms with Crippen LogP contribution in [-0.2, 0) is 17.8 Å². The Kier molecular flexibility index (Phi) is 6.83. The number of piperazine rings is 1. The third-order valence-corrected chi connectivity index (χ3v) is 5.19. The highest BCUT2D eigenvalue weighted by Gasteiger charge is 2.22. The molecule has 0 unspecified atom stereocenters. The molecule has 3 rings (SSSR count). The number of carbonyl (C=O) groups excluding carboxylic acids is 1. The molecule has 9 heteroatoms. The molecule has 0 spiro atoms. The Morgan fingerprint density at radius 2 is 1.63 bits per heavy atom. The first-order chi connectivity index (χ1) is 14.4. The Balaban J connectivity index is 1.71. The quantitative estimate of drug-likeness (QED) is 0.761. The zero-order valence-corrected chi connectivity index (χ0v) is 17.5. The van der Waals surface area contributed by atoms with Gasteiger partial charge in [-0.1, -0.05) is 0 Å². The number of ether oxygens (including phenoxy) is 3. The Labute approximate surface area is 175 Å². The SMILES string of the molecule is COC(=O)N1CCN(Cc2ccn(Cc3cc(OC)cc(OC)c3)c(=O)c2O)CC1. The second-order valence-electron chi connectivity index (χ2n) is 7.08. The second-order valence-corrected chi connectivity index (χ2v) is 7.08. The van der Waals surface area contributed by atoms with Crippen molar-refractivity contribution in [3.8, 4) is 17.2 Å². The lowest BCUT2D eigenvalue weighted by molar-refractivity contribution is 0.0885. The zero-order chi connectivity index (χ0) is 21.7. The Morgan fingerprint density at radius 1 is 1.00 bits per heavy atom. The van der Waals surface area contributed by atoms with Crippen molar-refractivity contribution in [2.45, 2.75) is 13.1 Å². The number of carbonyl (C=O) groups is 1. The molecule has 1 aromatic heterocycles. The van der Waals surface area contributed by atoms with Crippen molar-refractivity contribution in [3.05, 3.63) is 51.9 Å². The van der Waals surface area contributed by atoms with Crippen molar-refractivity contribution in [2.24, 2.45) is 0 Å².